The van der Waals surface area contributed by atoms with Crippen LogP contribution in [-0.4, -0.2) is 42.2 Å². The summed E-state index contributed by atoms with van der Waals surface area (Å²) in [6, 6.07) is 9.12. The van der Waals surface area contributed by atoms with E-state index >= 15 is 0 Å². The number of ether oxygens (including phenoxy) is 3. The highest BCUT2D eigenvalue weighted by Crippen LogP contribution is 2.30. The Kier molecular flexibility index (Phi) is 4.12. The zero-order valence-corrected chi connectivity index (χ0v) is 11.0. The highest BCUT2D eigenvalue weighted by Gasteiger charge is 2.33. The van der Waals surface area contributed by atoms with Gasteiger partial charge in [-0.25, -0.2) is 0 Å². The van der Waals surface area contributed by atoms with Gasteiger partial charge in [-0.15, -0.1) is 0 Å². The van der Waals surface area contributed by atoms with E-state index in [9.17, 15) is 8.78 Å². The Morgan fingerprint density at radius 2 is 2.00 bits per heavy atom. The first kappa shape index (κ1) is 14.0. The van der Waals surface area contributed by atoms with Gasteiger partial charge in [0, 0.05) is 11.8 Å². The fraction of sp³-hybridized carbons (Fsp3) is 0.357. The second kappa shape index (κ2) is 6.19. The second-order valence-electron chi connectivity index (χ2n) is 4.60. The number of hydrogen-bond acceptors (Lipinski definition) is 4. The van der Waals surface area contributed by atoms with Crippen molar-refractivity contribution in [2.24, 2.45) is 0 Å². The van der Waals surface area contributed by atoms with Crippen molar-refractivity contribution in [2.75, 3.05) is 13.2 Å². The number of nitrogens with zero attached hydrogens (tertiary/aromatic N) is 1. The third-order valence-electron chi connectivity index (χ3n) is 3.21. The number of hydrogen-bond donors (Lipinski definition) is 1. The van der Waals surface area contributed by atoms with Crippen molar-refractivity contribution >= 4 is 0 Å². The highest BCUT2D eigenvalue weighted by atomic mass is 19.3. The van der Waals surface area contributed by atoms with Crippen molar-refractivity contribution in [1.29, 1.82) is 0 Å². The van der Waals surface area contributed by atoms with Gasteiger partial charge in [-0.1, -0.05) is 12.1 Å². The summed E-state index contributed by atoms with van der Waals surface area (Å²) in [5, 5.41) is 6.75. The van der Waals surface area contributed by atoms with Gasteiger partial charge < -0.3 is 14.2 Å². The van der Waals surface area contributed by atoms with Crippen molar-refractivity contribution in [3.05, 3.63) is 36.5 Å². The number of halogens is 2. The molecule has 1 fully saturated rings. The number of para-hydroxylation sites is 1. The molecular formula is C14H14F2N2O3. The SMILES string of the molecule is FC(F)OC1COC[C@H]1Oc1ccccc1-c1ccn[nH]1. The van der Waals surface area contributed by atoms with Crippen molar-refractivity contribution in [3.8, 4) is 17.0 Å². The van der Waals surface area contributed by atoms with Gasteiger partial charge in [-0.05, 0) is 18.2 Å². The summed E-state index contributed by atoms with van der Waals surface area (Å²) in [6.07, 6.45) is 0.288. The molecular weight excluding hydrogens is 282 g/mol. The van der Waals surface area contributed by atoms with Crippen LogP contribution in [0.2, 0.25) is 0 Å². The Bertz CT molecular complexity index is 577. The molecule has 21 heavy (non-hydrogen) atoms. The Balaban J connectivity index is 1.79. The number of nitrogens with one attached hydrogen (secondary N) is 1. The van der Waals surface area contributed by atoms with Crippen LogP contribution in [0.1, 0.15) is 0 Å². The zero-order chi connectivity index (χ0) is 14.7. The quantitative estimate of drug-likeness (QED) is 0.921. The van der Waals surface area contributed by atoms with E-state index in [4.69, 9.17) is 9.47 Å². The van der Waals surface area contributed by atoms with Crippen LogP contribution in [0.5, 0.6) is 5.75 Å². The number of alkyl halides is 2. The molecule has 112 valence electrons. The number of rotatable bonds is 5. The van der Waals surface area contributed by atoms with Crippen LogP contribution >= 0.6 is 0 Å². The van der Waals surface area contributed by atoms with E-state index in [1.807, 2.05) is 18.2 Å². The third-order valence-corrected chi connectivity index (χ3v) is 3.21. The maximum absolute atomic E-state index is 12.4. The lowest BCUT2D eigenvalue weighted by Gasteiger charge is -2.20. The molecule has 0 spiro atoms. The molecule has 0 bridgehead atoms. The zero-order valence-electron chi connectivity index (χ0n) is 11.0. The Morgan fingerprint density at radius 1 is 1.19 bits per heavy atom. The molecule has 2 aromatic rings. The average Bonchev–Trinajstić information content (AvgIpc) is 3.11. The molecule has 2 heterocycles. The first-order chi connectivity index (χ1) is 10.2. The molecule has 0 saturated carbocycles. The number of H-pyrrole nitrogens is 1. The van der Waals surface area contributed by atoms with E-state index < -0.39 is 18.8 Å². The summed E-state index contributed by atoms with van der Waals surface area (Å²) in [4.78, 5) is 0. The van der Waals surface area contributed by atoms with Gasteiger partial charge in [0.2, 0.25) is 0 Å². The molecule has 1 aliphatic heterocycles. The fourth-order valence-electron chi connectivity index (χ4n) is 2.24. The predicted molar refractivity (Wildman–Crippen MR) is 70.1 cm³/mol. The first-order valence-corrected chi connectivity index (χ1v) is 6.51. The Morgan fingerprint density at radius 3 is 2.76 bits per heavy atom. The molecule has 1 aromatic carbocycles. The average molecular weight is 296 g/mol. The van der Waals surface area contributed by atoms with Crippen molar-refractivity contribution in [3.63, 3.8) is 0 Å². The van der Waals surface area contributed by atoms with Gasteiger partial charge in [0.15, 0.2) is 6.10 Å². The lowest BCUT2D eigenvalue weighted by Crippen LogP contribution is -2.34. The second-order valence-corrected chi connectivity index (χ2v) is 4.60. The molecule has 1 saturated heterocycles. The van der Waals surface area contributed by atoms with Crippen molar-refractivity contribution in [2.45, 2.75) is 18.8 Å². The number of aromatic amines is 1. The standard InChI is InChI=1S/C14H14F2N2O3/c15-14(16)21-13-8-19-7-12(13)20-11-4-2-1-3-9(11)10-5-6-17-18-10/h1-6,12-14H,7-8H2,(H,17,18)/t12-,13?/m1/s1. The van der Waals surface area contributed by atoms with Gasteiger partial charge in [0.25, 0.3) is 0 Å². The maximum Gasteiger partial charge on any atom is 0.345 e. The van der Waals surface area contributed by atoms with Gasteiger partial charge >= 0.3 is 6.61 Å². The monoisotopic (exact) mass is 296 g/mol. The molecule has 7 heteroatoms. The van der Waals surface area contributed by atoms with Crippen molar-refractivity contribution in [1.82, 2.24) is 10.2 Å². The lowest BCUT2D eigenvalue weighted by atomic mass is 10.1. The maximum atomic E-state index is 12.4. The van der Waals surface area contributed by atoms with Crippen LogP contribution in [0, 0.1) is 0 Å². The Labute approximate surface area is 119 Å². The first-order valence-electron chi connectivity index (χ1n) is 6.51. The van der Waals surface area contributed by atoms with E-state index in [1.54, 1.807) is 18.3 Å². The molecule has 1 aromatic heterocycles. The van der Waals surface area contributed by atoms with Crippen LogP contribution in [-0.2, 0) is 9.47 Å². The number of aromatic nitrogens is 2. The summed E-state index contributed by atoms with van der Waals surface area (Å²) in [7, 11) is 0. The minimum atomic E-state index is -2.84. The van der Waals surface area contributed by atoms with E-state index in [0.717, 1.165) is 11.3 Å². The summed E-state index contributed by atoms with van der Waals surface area (Å²) < 4.78 is 40.2. The summed E-state index contributed by atoms with van der Waals surface area (Å²) in [5.41, 5.74) is 1.59. The van der Waals surface area contributed by atoms with Crippen molar-refractivity contribution < 1.29 is 23.0 Å². The predicted octanol–water partition coefficient (Wildman–Crippen LogP) is 2.46. The van der Waals surface area contributed by atoms with Crippen LogP contribution < -0.4 is 4.74 Å². The normalized spacial score (nSPS) is 21.9. The largest absolute Gasteiger partial charge is 0.484 e. The van der Waals surface area contributed by atoms with Gasteiger partial charge in [0.1, 0.15) is 11.9 Å². The van der Waals surface area contributed by atoms with Gasteiger partial charge in [-0.2, -0.15) is 13.9 Å². The molecule has 0 amide bonds. The van der Waals surface area contributed by atoms with E-state index in [0.29, 0.717) is 5.75 Å². The van der Waals surface area contributed by atoms with Crippen LogP contribution in [0.25, 0.3) is 11.3 Å². The molecule has 1 aliphatic rings. The Hall–Kier alpha value is -1.99. The summed E-state index contributed by atoms with van der Waals surface area (Å²) in [6.45, 7) is -2.53. The third kappa shape index (κ3) is 3.20. The molecule has 3 rings (SSSR count). The fourth-order valence-corrected chi connectivity index (χ4v) is 2.24. The van der Waals surface area contributed by atoms with Crippen LogP contribution in [0.4, 0.5) is 8.78 Å². The summed E-state index contributed by atoms with van der Waals surface area (Å²) in [5.74, 6) is 0.570. The minimum absolute atomic E-state index is 0.0984. The van der Waals surface area contributed by atoms with E-state index in [2.05, 4.69) is 14.9 Å². The lowest BCUT2D eigenvalue weighted by molar-refractivity contribution is -0.175. The molecule has 2 atom stereocenters. The molecule has 1 N–H and O–H groups in total. The summed E-state index contributed by atoms with van der Waals surface area (Å²) >= 11 is 0. The highest BCUT2D eigenvalue weighted by molar-refractivity contribution is 5.66. The molecule has 0 radical (unpaired) electrons. The van der Waals surface area contributed by atoms with Gasteiger partial charge in [-0.3, -0.25) is 5.10 Å². The number of benzene rings is 1. The molecule has 0 aliphatic carbocycles. The van der Waals surface area contributed by atoms with Crippen LogP contribution in [0.15, 0.2) is 36.5 Å². The molecule has 5 nitrogen and oxygen atoms in total. The topological polar surface area (TPSA) is 56.4 Å². The van der Waals surface area contributed by atoms with E-state index in [1.165, 1.54) is 0 Å². The van der Waals surface area contributed by atoms with Gasteiger partial charge in [0.05, 0.1) is 18.9 Å². The molecule has 1 unspecified atom stereocenters. The van der Waals surface area contributed by atoms with E-state index in [-0.39, 0.29) is 13.2 Å². The minimum Gasteiger partial charge on any atom is -0.484 e. The van der Waals surface area contributed by atoms with Crippen LogP contribution in [0.3, 0.4) is 0 Å². The smallest absolute Gasteiger partial charge is 0.345 e.